The van der Waals surface area contributed by atoms with Crippen molar-refractivity contribution in [1.82, 2.24) is 10.3 Å². The molecular formula is C12H10BrN3O2S. The molecule has 0 aliphatic carbocycles. The van der Waals surface area contributed by atoms with Crippen LogP contribution in [0, 0.1) is 6.92 Å². The second-order valence-electron chi connectivity index (χ2n) is 3.68. The molecule has 0 fully saturated rings. The smallest absolute Gasteiger partial charge is 0.283 e. The summed E-state index contributed by atoms with van der Waals surface area (Å²) < 4.78 is 0.630. The third kappa shape index (κ3) is 3.62. The Morgan fingerprint density at radius 1 is 1.32 bits per heavy atom. The van der Waals surface area contributed by atoms with Crippen molar-refractivity contribution in [2.45, 2.75) is 6.92 Å². The Hall–Kier alpha value is -1.73. The van der Waals surface area contributed by atoms with Crippen molar-refractivity contribution in [3.8, 4) is 0 Å². The summed E-state index contributed by atoms with van der Waals surface area (Å²) >= 11 is 4.55. The Labute approximate surface area is 122 Å². The zero-order chi connectivity index (χ0) is 13.8. The molecular weight excluding hydrogens is 330 g/mol. The number of aryl methyl sites for hydroxylation is 1. The summed E-state index contributed by atoms with van der Waals surface area (Å²) in [6.07, 6.45) is 0. The van der Waals surface area contributed by atoms with Crippen LogP contribution in [0.1, 0.15) is 16.1 Å². The number of carbonyl (C=O) groups excluding carboxylic acids is 2. The van der Waals surface area contributed by atoms with E-state index >= 15 is 0 Å². The van der Waals surface area contributed by atoms with Crippen LogP contribution in [-0.2, 0) is 0 Å². The molecule has 3 amide bonds. The fraction of sp³-hybridized carbons (Fsp3) is 0.0833. The monoisotopic (exact) mass is 339 g/mol. The van der Waals surface area contributed by atoms with Crippen molar-refractivity contribution in [3.63, 3.8) is 0 Å². The van der Waals surface area contributed by atoms with Crippen molar-refractivity contribution in [1.29, 1.82) is 0 Å². The van der Waals surface area contributed by atoms with Crippen LogP contribution in [-0.4, -0.2) is 16.9 Å². The minimum absolute atomic E-state index is 0.396. The molecule has 0 spiro atoms. The molecule has 0 radical (unpaired) electrons. The van der Waals surface area contributed by atoms with Gasteiger partial charge in [-0.25, -0.2) is 9.78 Å². The van der Waals surface area contributed by atoms with Gasteiger partial charge in [-0.05, 0) is 35.0 Å². The van der Waals surface area contributed by atoms with Gasteiger partial charge in [0.25, 0.3) is 5.91 Å². The van der Waals surface area contributed by atoms with Gasteiger partial charge in [0.1, 0.15) is 0 Å². The predicted octanol–water partition coefficient (Wildman–Crippen LogP) is 3.18. The van der Waals surface area contributed by atoms with Gasteiger partial charge in [0, 0.05) is 9.85 Å². The summed E-state index contributed by atoms with van der Waals surface area (Å²) in [7, 11) is 0. The van der Waals surface area contributed by atoms with E-state index in [-0.39, 0.29) is 0 Å². The number of carbonyl (C=O) groups is 2. The minimum atomic E-state index is -0.602. The maximum absolute atomic E-state index is 11.9. The van der Waals surface area contributed by atoms with Crippen molar-refractivity contribution >= 4 is 44.3 Å². The molecule has 19 heavy (non-hydrogen) atoms. The molecule has 0 saturated carbocycles. The molecule has 1 heterocycles. The molecule has 0 atom stereocenters. The van der Waals surface area contributed by atoms with E-state index in [4.69, 9.17) is 0 Å². The Balaban J connectivity index is 1.99. The first-order valence-corrected chi connectivity index (χ1v) is 7.02. The maximum atomic E-state index is 11.9. The fourth-order valence-corrected chi connectivity index (χ4v) is 2.50. The highest BCUT2D eigenvalue weighted by Gasteiger charge is 2.13. The standard InChI is InChI=1S/C12H10BrN3O2S/c1-7-6-19-12(14-7)16-11(18)15-10(17)8-4-2-3-5-9(8)13/h2-6H,1H3,(H2,14,15,16,17,18). The van der Waals surface area contributed by atoms with Crippen molar-refractivity contribution in [3.05, 3.63) is 45.4 Å². The highest BCUT2D eigenvalue weighted by Crippen LogP contribution is 2.16. The summed E-state index contributed by atoms with van der Waals surface area (Å²) in [4.78, 5) is 27.6. The zero-order valence-electron chi connectivity index (χ0n) is 9.94. The van der Waals surface area contributed by atoms with Crippen molar-refractivity contribution < 1.29 is 9.59 Å². The van der Waals surface area contributed by atoms with Gasteiger partial charge in [-0.2, -0.15) is 0 Å². The lowest BCUT2D eigenvalue weighted by Crippen LogP contribution is -2.34. The summed E-state index contributed by atoms with van der Waals surface area (Å²) in [6.45, 7) is 1.83. The Bertz CT molecular complexity index is 627. The second-order valence-corrected chi connectivity index (χ2v) is 5.39. The average molecular weight is 340 g/mol. The molecule has 1 aromatic heterocycles. The molecule has 0 bridgehead atoms. The molecule has 98 valence electrons. The number of benzene rings is 1. The topological polar surface area (TPSA) is 71.1 Å². The molecule has 7 heteroatoms. The van der Waals surface area contributed by atoms with Gasteiger partial charge in [0.2, 0.25) is 0 Å². The average Bonchev–Trinajstić information content (AvgIpc) is 2.74. The number of imide groups is 1. The summed E-state index contributed by atoms with van der Waals surface area (Å²) in [5, 5.41) is 7.01. The summed E-state index contributed by atoms with van der Waals surface area (Å²) in [5.74, 6) is -0.474. The molecule has 0 aliphatic rings. The number of halogens is 1. The van der Waals surface area contributed by atoms with Gasteiger partial charge in [-0.1, -0.05) is 12.1 Å². The molecule has 1 aromatic carbocycles. The number of hydrogen-bond acceptors (Lipinski definition) is 4. The number of urea groups is 1. The van der Waals surface area contributed by atoms with Crippen molar-refractivity contribution in [2.24, 2.45) is 0 Å². The van der Waals surface area contributed by atoms with E-state index in [0.29, 0.717) is 15.2 Å². The van der Waals surface area contributed by atoms with Gasteiger partial charge in [0.15, 0.2) is 5.13 Å². The summed E-state index contributed by atoms with van der Waals surface area (Å²) in [5.41, 5.74) is 1.21. The lowest BCUT2D eigenvalue weighted by Gasteiger charge is -2.05. The van der Waals surface area contributed by atoms with Crippen LogP contribution in [0.2, 0.25) is 0 Å². The fourth-order valence-electron chi connectivity index (χ4n) is 1.36. The van der Waals surface area contributed by atoms with E-state index in [2.05, 4.69) is 31.5 Å². The SMILES string of the molecule is Cc1csc(NC(=O)NC(=O)c2ccccc2Br)n1. The number of aromatic nitrogens is 1. The van der Waals surface area contributed by atoms with E-state index < -0.39 is 11.9 Å². The number of rotatable bonds is 2. The highest BCUT2D eigenvalue weighted by atomic mass is 79.9. The van der Waals surface area contributed by atoms with Gasteiger partial charge < -0.3 is 0 Å². The molecule has 0 saturated heterocycles. The number of hydrogen-bond donors (Lipinski definition) is 2. The van der Waals surface area contributed by atoms with Gasteiger partial charge in [-0.15, -0.1) is 11.3 Å². The van der Waals surface area contributed by atoms with Crippen LogP contribution < -0.4 is 10.6 Å². The van der Waals surface area contributed by atoms with E-state index in [1.807, 2.05) is 12.3 Å². The van der Waals surface area contributed by atoms with Crippen LogP contribution in [0.4, 0.5) is 9.93 Å². The van der Waals surface area contributed by atoms with Gasteiger partial charge >= 0.3 is 6.03 Å². The first kappa shape index (κ1) is 13.7. The highest BCUT2D eigenvalue weighted by molar-refractivity contribution is 9.10. The third-order valence-electron chi connectivity index (χ3n) is 2.19. The third-order valence-corrected chi connectivity index (χ3v) is 3.75. The number of nitrogens with zero attached hydrogens (tertiary/aromatic N) is 1. The van der Waals surface area contributed by atoms with Crippen LogP contribution in [0.5, 0.6) is 0 Å². The van der Waals surface area contributed by atoms with Gasteiger partial charge in [0.05, 0.1) is 11.3 Å². The molecule has 5 nitrogen and oxygen atoms in total. The van der Waals surface area contributed by atoms with Crippen molar-refractivity contribution in [2.75, 3.05) is 5.32 Å². The summed E-state index contributed by atoms with van der Waals surface area (Å²) in [6, 6.07) is 6.27. The van der Waals surface area contributed by atoms with Crippen LogP contribution in [0.3, 0.4) is 0 Å². The van der Waals surface area contributed by atoms with Crippen LogP contribution >= 0.6 is 27.3 Å². The molecule has 0 unspecified atom stereocenters. The number of thiazole rings is 1. The van der Waals surface area contributed by atoms with E-state index in [1.54, 1.807) is 24.3 Å². The normalized spacial score (nSPS) is 10.0. The Morgan fingerprint density at radius 2 is 2.05 bits per heavy atom. The Morgan fingerprint density at radius 3 is 2.68 bits per heavy atom. The van der Waals surface area contributed by atoms with Gasteiger partial charge in [-0.3, -0.25) is 15.4 Å². The zero-order valence-corrected chi connectivity index (χ0v) is 12.3. The van der Waals surface area contributed by atoms with E-state index in [9.17, 15) is 9.59 Å². The Kier molecular flexibility index (Phi) is 4.28. The molecule has 2 N–H and O–H groups in total. The second kappa shape index (κ2) is 5.94. The maximum Gasteiger partial charge on any atom is 0.327 e. The van der Waals surface area contributed by atoms with E-state index in [0.717, 1.165) is 5.69 Å². The molecule has 0 aliphatic heterocycles. The first-order chi connectivity index (χ1) is 9.06. The quantitative estimate of drug-likeness (QED) is 0.882. The predicted molar refractivity (Wildman–Crippen MR) is 77.5 cm³/mol. The number of amides is 3. The minimum Gasteiger partial charge on any atom is -0.283 e. The molecule has 2 rings (SSSR count). The molecule has 2 aromatic rings. The lowest BCUT2D eigenvalue weighted by molar-refractivity contribution is 0.0966. The number of nitrogens with one attached hydrogen (secondary N) is 2. The number of anilines is 1. The van der Waals surface area contributed by atoms with Crippen LogP contribution in [0.15, 0.2) is 34.1 Å². The lowest BCUT2D eigenvalue weighted by atomic mass is 10.2. The first-order valence-electron chi connectivity index (χ1n) is 5.35. The largest absolute Gasteiger partial charge is 0.327 e. The van der Waals surface area contributed by atoms with Crippen LogP contribution in [0.25, 0.3) is 0 Å². The van der Waals surface area contributed by atoms with E-state index in [1.165, 1.54) is 11.3 Å².